The molecule has 1 fully saturated rings. The maximum atomic E-state index is 14.8. The quantitative estimate of drug-likeness (QED) is 0.585. The van der Waals surface area contributed by atoms with Crippen LogP contribution in [0.3, 0.4) is 0 Å². The van der Waals surface area contributed by atoms with Gasteiger partial charge in [0.2, 0.25) is 0 Å². The highest BCUT2D eigenvalue weighted by Crippen LogP contribution is 2.39. The van der Waals surface area contributed by atoms with Crippen molar-refractivity contribution in [1.29, 1.82) is 0 Å². The maximum absolute atomic E-state index is 14.8. The summed E-state index contributed by atoms with van der Waals surface area (Å²) in [5, 5.41) is 3.10. The summed E-state index contributed by atoms with van der Waals surface area (Å²) in [6, 6.07) is 7.88. The molecule has 1 saturated heterocycles. The van der Waals surface area contributed by atoms with Gasteiger partial charge in [-0.15, -0.1) is 0 Å². The Balaban J connectivity index is 1.27. The van der Waals surface area contributed by atoms with Crippen LogP contribution in [0, 0.1) is 5.82 Å². The van der Waals surface area contributed by atoms with Crippen LogP contribution in [0.5, 0.6) is 5.75 Å². The van der Waals surface area contributed by atoms with Gasteiger partial charge in [0.05, 0.1) is 12.2 Å². The van der Waals surface area contributed by atoms with Crippen LogP contribution in [0.2, 0.25) is 0 Å². The normalized spacial score (nSPS) is 17.0. The van der Waals surface area contributed by atoms with Gasteiger partial charge < -0.3 is 19.0 Å². The van der Waals surface area contributed by atoms with Crippen LogP contribution in [0.4, 0.5) is 21.9 Å². The highest BCUT2D eigenvalue weighted by molar-refractivity contribution is 5.72. The Bertz CT molecular complexity index is 1120. The number of fused-ring (bicyclic) bond motifs is 1. The summed E-state index contributed by atoms with van der Waals surface area (Å²) in [7, 11) is 2.16. The number of halogens is 1. The molecule has 0 radical (unpaired) electrons. The van der Waals surface area contributed by atoms with Crippen LogP contribution in [-0.2, 0) is 6.54 Å². The lowest BCUT2D eigenvalue weighted by atomic mass is 10.1. The fourth-order valence-electron chi connectivity index (χ4n) is 4.42. The second kappa shape index (κ2) is 9.60. The lowest BCUT2D eigenvalue weighted by Crippen LogP contribution is -2.43. The van der Waals surface area contributed by atoms with Crippen molar-refractivity contribution in [2.24, 2.45) is 0 Å². The molecule has 0 amide bonds. The van der Waals surface area contributed by atoms with E-state index in [4.69, 9.17) is 9.15 Å². The SMILES string of the molecule is CC(C)N1CCOc2c(F)cc(-c3coc(Nc4ccc(CN5CCN(C)CC5)cn4)n3)cc21. The van der Waals surface area contributed by atoms with Gasteiger partial charge >= 0.3 is 6.01 Å². The summed E-state index contributed by atoms with van der Waals surface area (Å²) in [5.41, 5.74) is 3.10. The summed E-state index contributed by atoms with van der Waals surface area (Å²) >= 11 is 0. The Morgan fingerprint density at radius 2 is 1.94 bits per heavy atom. The van der Waals surface area contributed by atoms with Crippen molar-refractivity contribution in [3.63, 3.8) is 0 Å². The third-order valence-corrected chi connectivity index (χ3v) is 6.40. The first kappa shape index (κ1) is 22.6. The number of benzene rings is 1. The molecule has 0 unspecified atom stereocenters. The van der Waals surface area contributed by atoms with E-state index in [2.05, 4.69) is 56.9 Å². The number of hydrogen-bond donors (Lipinski definition) is 1. The Labute approximate surface area is 199 Å². The molecule has 5 rings (SSSR count). The van der Waals surface area contributed by atoms with Crippen molar-refractivity contribution < 1.29 is 13.5 Å². The lowest BCUT2D eigenvalue weighted by Gasteiger charge is -2.34. The van der Waals surface area contributed by atoms with Gasteiger partial charge in [-0.3, -0.25) is 10.2 Å². The monoisotopic (exact) mass is 466 g/mol. The Hall–Kier alpha value is -3.17. The number of rotatable bonds is 6. The number of hydrogen-bond acceptors (Lipinski definition) is 8. The van der Waals surface area contributed by atoms with Crippen LogP contribution in [0.25, 0.3) is 11.3 Å². The minimum atomic E-state index is -0.395. The van der Waals surface area contributed by atoms with E-state index in [0.29, 0.717) is 35.4 Å². The van der Waals surface area contributed by atoms with Crippen molar-refractivity contribution >= 4 is 17.5 Å². The molecule has 0 spiro atoms. The molecule has 1 aromatic carbocycles. The van der Waals surface area contributed by atoms with Gasteiger partial charge in [-0.05, 0) is 44.7 Å². The molecule has 2 aromatic heterocycles. The third kappa shape index (κ3) is 4.85. The summed E-state index contributed by atoms with van der Waals surface area (Å²) in [6.45, 7) is 10.6. The van der Waals surface area contributed by atoms with Gasteiger partial charge in [0, 0.05) is 50.5 Å². The van der Waals surface area contributed by atoms with Gasteiger partial charge in [-0.1, -0.05) is 6.07 Å². The number of likely N-dealkylation sites (N-methyl/N-ethyl adjacent to an activating group) is 1. The number of nitrogens with zero attached hydrogens (tertiary/aromatic N) is 5. The molecule has 2 aliphatic rings. The second-order valence-corrected chi connectivity index (χ2v) is 9.24. The number of oxazole rings is 1. The third-order valence-electron chi connectivity index (χ3n) is 6.40. The van der Waals surface area contributed by atoms with E-state index in [1.807, 2.05) is 18.3 Å². The number of piperazine rings is 1. The first-order chi connectivity index (χ1) is 16.5. The predicted molar refractivity (Wildman–Crippen MR) is 130 cm³/mol. The number of pyridine rings is 1. The Morgan fingerprint density at radius 3 is 2.68 bits per heavy atom. The van der Waals surface area contributed by atoms with Gasteiger partial charge in [0.25, 0.3) is 0 Å². The highest BCUT2D eigenvalue weighted by atomic mass is 19.1. The molecule has 3 aromatic rings. The van der Waals surface area contributed by atoms with Crippen LogP contribution in [0.15, 0.2) is 41.1 Å². The topological polar surface area (TPSA) is 69.9 Å². The summed E-state index contributed by atoms with van der Waals surface area (Å²) in [4.78, 5) is 15.9. The number of aromatic nitrogens is 2. The smallest absolute Gasteiger partial charge is 0.300 e. The van der Waals surface area contributed by atoms with Crippen LogP contribution >= 0.6 is 0 Å². The molecule has 9 heteroatoms. The summed E-state index contributed by atoms with van der Waals surface area (Å²) in [6.07, 6.45) is 3.40. The van der Waals surface area contributed by atoms with Crippen molar-refractivity contribution in [3.8, 4) is 17.0 Å². The fourth-order valence-corrected chi connectivity index (χ4v) is 4.42. The predicted octanol–water partition coefficient (Wildman–Crippen LogP) is 3.97. The maximum Gasteiger partial charge on any atom is 0.300 e. The van der Waals surface area contributed by atoms with Gasteiger partial charge in [0.1, 0.15) is 24.4 Å². The van der Waals surface area contributed by atoms with Crippen molar-refractivity contribution in [2.45, 2.75) is 26.4 Å². The molecule has 34 heavy (non-hydrogen) atoms. The van der Waals surface area contributed by atoms with E-state index < -0.39 is 5.82 Å². The van der Waals surface area contributed by atoms with Crippen molar-refractivity contribution in [2.75, 3.05) is 56.6 Å². The molecule has 4 heterocycles. The Kier molecular flexibility index (Phi) is 6.38. The van der Waals surface area contributed by atoms with E-state index in [-0.39, 0.29) is 6.04 Å². The molecular weight excluding hydrogens is 435 g/mol. The fraction of sp³-hybridized carbons (Fsp3) is 0.440. The molecule has 0 bridgehead atoms. The zero-order valence-electron chi connectivity index (χ0n) is 19.9. The van der Waals surface area contributed by atoms with E-state index in [1.165, 1.54) is 17.9 Å². The van der Waals surface area contributed by atoms with E-state index in [1.54, 1.807) is 0 Å². The van der Waals surface area contributed by atoms with Crippen molar-refractivity contribution in [1.82, 2.24) is 19.8 Å². The number of ether oxygens (including phenoxy) is 1. The molecule has 0 aliphatic carbocycles. The highest BCUT2D eigenvalue weighted by Gasteiger charge is 2.25. The molecular formula is C25H31FN6O2. The second-order valence-electron chi connectivity index (χ2n) is 9.24. The van der Waals surface area contributed by atoms with Gasteiger partial charge in [-0.25, -0.2) is 9.37 Å². The van der Waals surface area contributed by atoms with E-state index in [9.17, 15) is 4.39 Å². The molecule has 2 aliphatic heterocycles. The van der Waals surface area contributed by atoms with Gasteiger partial charge in [-0.2, -0.15) is 4.98 Å². The van der Waals surface area contributed by atoms with E-state index in [0.717, 1.165) is 45.0 Å². The standard InChI is InChI=1S/C25H31FN6O2/c1-17(2)32-10-11-33-24-20(26)12-19(13-22(24)32)21-16-34-25(28-21)29-23-5-4-18(14-27-23)15-31-8-6-30(3)7-9-31/h4-5,12-14,16-17H,6-11,15H2,1-3H3,(H,27,28,29). The first-order valence-corrected chi connectivity index (χ1v) is 11.8. The number of anilines is 3. The molecule has 8 nitrogen and oxygen atoms in total. The Morgan fingerprint density at radius 1 is 1.12 bits per heavy atom. The first-order valence-electron chi connectivity index (χ1n) is 11.8. The molecule has 180 valence electrons. The van der Waals surface area contributed by atoms with Crippen LogP contribution < -0.4 is 15.0 Å². The van der Waals surface area contributed by atoms with Crippen LogP contribution in [-0.4, -0.2) is 72.2 Å². The largest absolute Gasteiger partial charge is 0.486 e. The number of nitrogens with one attached hydrogen (secondary N) is 1. The average Bonchev–Trinajstić information content (AvgIpc) is 3.30. The minimum absolute atomic E-state index is 0.233. The molecule has 1 N–H and O–H groups in total. The lowest BCUT2D eigenvalue weighted by molar-refractivity contribution is 0.148. The zero-order chi connectivity index (χ0) is 23.7. The summed E-state index contributed by atoms with van der Waals surface area (Å²) < 4.78 is 26.0. The van der Waals surface area contributed by atoms with Gasteiger partial charge in [0.15, 0.2) is 11.6 Å². The summed E-state index contributed by atoms with van der Waals surface area (Å²) in [5.74, 6) is 0.547. The average molecular weight is 467 g/mol. The van der Waals surface area contributed by atoms with Crippen LogP contribution in [0.1, 0.15) is 19.4 Å². The van der Waals surface area contributed by atoms with E-state index >= 15 is 0 Å². The van der Waals surface area contributed by atoms with Crippen molar-refractivity contribution in [3.05, 3.63) is 48.1 Å². The minimum Gasteiger partial charge on any atom is -0.486 e. The zero-order valence-corrected chi connectivity index (χ0v) is 19.9. The molecule has 0 saturated carbocycles. The molecule has 0 atom stereocenters.